The van der Waals surface area contributed by atoms with Crippen LogP contribution in [0.3, 0.4) is 0 Å². The molecular formula is C15H34N4O3+2. The second-order valence-corrected chi connectivity index (χ2v) is 6.86. The van der Waals surface area contributed by atoms with Crippen LogP contribution in [0.15, 0.2) is 0 Å². The fourth-order valence-electron chi connectivity index (χ4n) is 2.14. The summed E-state index contributed by atoms with van der Waals surface area (Å²) in [6, 6.07) is -1.49. The highest BCUT2D eigenvalue weighted by molar-refractivity contribution is 5.86. The molecule has 0 rings (SSSR count). The fraction of sp³-hybridized carbons (Fsp3) is 0.867. The van der Waals surface area contributed by atoms with E-state index in [1.54, 1.807) is 0 Å². The van der Waals surface area contributed by atoms with Crippen LogP contribution in [0.1, 0.15) is 38.5 Å². The van der Waals surface area contributed by atoms with E-state index in [2.05, 4.69) is 32.2 Å². The van der Waals surface area contributed by atoms with Gasteiger partial charge in [0.2, 0.25) is 5.91 Å². The first-order chi connectivity index (χ1) is 10.2. The molecule has 0 saturated carbocycles. The van der Waals surface area contributed by atoms with Gasteiger partial charge in [0.25, 0.3) is 0 Å². The molecule has 0 aliphatic heterocycles. The number of hydrogen-bond acceptors (Lipinski definition) is 3. The largest absolute Gasteiger partial charge is 0.480 e. The molecule has 130 valence electrons. The number of carboxylic acids is 1. The van der Waals surface area contributed by atoms with Crippen LogP contribution in [0, 0.1) is 0 Å². The van der Waals surface area contributed by atoms with Crippen LogP contribution in [0.25, 0.3) is 0 Å². The van der Waals surface area contributed by atoms with E-state index in [1.165, 1.54) is 0 Å². The maximum atomic E-state index is 12.0. The molecule has 0 heterocycles. The molecule has 0 saturated heterocycles. The van der Waals surface area contributed by atoms with E-state index in [-0.39, 0.29) is 5.91 Å². The first-order valence-electron chi connectivity index (χ1n) is 8.06. The van der Waals surface area contributed by atoms with Gasteiger partial charge in [-0.25, -0.2) is 4.79 Å². The van der Waals surface area contributed by atoms with Crippen molar-refractivity contribution in [3.63, 3.8) is 0 Å². The highest BCUT2D eigenvalue weighted by Crippen LogP contribution is 2.05. The Morgan fingerprint density at radius 2 is 1.73 bits per heavy atom. The van der Waals surface area contributed by atoms with Crippen molar-refractivity contribution < 1.29 is 24.9 Å². The van der Waals surface area contributed by atoms with Crippen LogP contribution >= 0.6 is 0 Å². The van der Waals surface area contributed by atoms with Gasteiger partial charge in [0.05, 0.1) is 40.3 Å². The zero-order valence-electron chi connectivity index (χ0n) is 14.3. The van der Waals surface area contributed by atoms with Gasteiger partial charge in [-0.2, -0.15) is 0 Å². The SMILES string of the molecule is C[N+](C)(C)CCCCC(N)C(=O)NC(CCCC[NH3+])C(=O)O. The van der Waals surface area contributed by atoms with Gasteiger partial charge in [0.15, 0.2) is 0 Å². The Morgan fingerprint density at radius 1 is 1.14 bits per heavy atom. The van der Waals surface area contributed by atoms with Crippen molar-refractivity contribution >= 4 is 11.9 Å². The summed E-state index contributed by atoms with van der Waals surface area (Å²) in [7, 11) is 6.36. The van der Waals surface area contributed by atoms with Gasteiger partial charge < -0.3 is 26.4 Å². The first kappa shape index (κ1) is 20.8. The summed E-state index contributed by atoms with van der Waals surface area (Å²) in [5.74, 6) is -1.37. The van der Waals surface area contributed by atoms with Crippen molar-refractivity contribution in [2.24, 2.45) is 5.73 Å². The van der Waals surface area contributed by atoms with Gasteiger partial charge in [-0.15, -0.1) is 0 Å². The summed E-state index contributed by atoms with van der Waals surface area (Å²) in [5.41, 5.74) is 9.57. The Hall–Kier alpha value is -1.18. The van der Waals surface area contributed by atoms with Crippen molar-refractivity contribution in [1.82, 2.24) is 5.32 Å². The first-order valence-corrected chi connectivity index (χ1v) is 8.06. The number of rotatable bonds is 12. The van der Waals surface area contributed by atoms with Crippen LogP contribution in [-0.4, -0.2) is 67.8 Å². The summed E-state index contributed by atoms with van der Waals surface area (Å²) >= 11 is 0. The zero-order valence-corrected chi connectivity index (χ0v) is 14.3. The average molecular weight is 318 g/mol. The van der Waals surface area contributed by atoms with E-state index in [1.807, 2.05) is 0 Å². The molecule has 0 bridgehead atoms. The molecule has 22 heavy (non-hydrogen) atoms. The second kappa shape index (κ2) is 10.5. The van der Waals surface area contributed by atoms with E-state index in [9.17, 15) is 9.59 Å². The lowest BCUT2D eigenvalue weighted by atomic mass is 10.1. The van der Waals surface area contributed by atoms with E-state index in [4.69, 9.17) is 10.8 Å². The monoisotopic (exact) mass is 318 g/mol. The minimum atomic E-state index is -1.00. The van der Waals surface area contributed by atoms with Gasteiger partial charge in [-0.05, 0) is 38.5 Å². The molecule has 0 aromatic rings. The maximum Gasteiger partial charge on any atom is 0.326 e. The van der Waals surface area contributed by atoms with Crippen LogP contribution in [0.4, 0.5) is 0 Å². The number of nitrogens with one attached hydrogen (secondary N) is 1. The van der Waals surface area contributed by atoms with E-state index < -0.39 is 18.1 Å². The molecular weight excluding hydrogens is 284 g/mol. The summed E-state index contributed by atoms with van der Waals surface area (Å²) < 4.78 is 0.884. The molecule has 1 amide bonds. The third-order valence-corrected chi connectivity index (χ3v) is 3.54. The van der Waals surface area contributed by atoms with Gasteiger partial charge in [-0.3, -0.25) is 4.79 Å². The molecule has 0 aliphatic carbocycles. The van der Waals surface area contributed by atoms with Crippen LogP contribution < -0.4 is 16.8 Å². The minimum absolute atomic E-state index is 0.368. The summed E-state index contributed by atoms with van der Waals surface area (Å²) in [5, 5.41) is 11.7. The number of aliphatic carboxylic acids is 1. The highest BCUT2D eigenvalue weighted by Gasteiger charge is 2.22. The van der Waals surface area contributed by atoms with Crippen molar-refractivity contribution in [3.8, 4) is 0 Å². The molecule has 0 aromatic carbocycles. The Kier molecular flexibility index (Phi) is 9.97. The average Bonchev–Trinajstić information content (AvgIpc) is 2.41. The number of nitrogens with zero attached hydrogens (tertiary/aromatic N) is 1. The highest BCUT2D eigenvalue weighted by atomic mass is 16.4. The van der Waals surface area contributed by atoms with E-state index in [0.29, 0.717) is 12.8 Å². The quantitative estimate of drug-likeness (QED) is 0.277. The second-order valence-electron chi connectivity index (χ2n) is 6.86. The Balaban J connectivity index is 4.11. The third kappa shape index (κ3) is 10.5. The van der Waals surface area contributed by atoms with Crippen molar-refractivity contribution in [2.75, 3.05) is 34.2 Å². The number of carboxylic acid groups (broad SMARTS) is 1. The fourth-order valence-corrected chi connectivity index (χ4v) is 2.14. The predicted octanol–water partition coefficient (Wildman–Crippen LogP) is -0.828. The van der Waals surface area contributed by atoms with Gasteiger partial charge in [0.1, 0.15) is 6.04 Å². The lowest BCUT2D eigenvalue weighted by molar-refractivity contribution is -0.870. The van der Waals surface area contributed by atoms with Crippen molar-refractivity contribution in [3.05, 3.63) is 0 Å². The Labute approximate surface area is 133 Å². The number of carbonyl (C=O) groups excluding carboxylic acids is 1. The molecule has 0 radical (unpaired) electrons. The normalized spacial score (nSPS) is 14.4. The molecule has 2 atom stereocenters. The lowest BCUT2D eigenvalue weighted by Crippen LogP contribution is -2.50. The van der Waals surface area contributed by atoms with Crippen LogP contribution in [0.5, 0.6) is 0 Å². The van der Waals surface area contributed by atoms with Crippen molar-refractivity contribution in [2.45, 2.75) is 50.6 Å². The van der Waals surface area contributed by atoms with Gasteiger partial charge >= 0.3 is 5.97 Å². The molecule has 0 spiro atoms. The Bertz CT molecular complexity index is 342. The minimum Gasteiger partial charge on any atom is -0.480 e. The van der Waals surface area contributed by atoms with E-state index >= 15 is 0 Å². The molecule has 7 N–H and O–H groups in total. The third-order valence-electron chi connectivity index (χ3n) is 3.54. The number of carbonyl (C=O) groups is 2. The summed E-state index contributed by atoms with van der Waals surface area (Å²) in [6.45, 7) is 1.79. The standard InChI is InChI=1S/C15H32N4O3/c1-19(2,3)11-7-5-8-12(17)14(20)18-13(15(21)22)9-4-6-10-16/h12-13H,4-11,16-17H2,1-3H3,(H-,18,20,21,22)/p+2. The van der Waals surface area contributed by atoms with Crippen LogP contribution in [-0.2, 0) is 9.59 Å². The summed E-state index contributed by atoms with van der Waals surface area (Å²) in [6.07, 6.45) is 4.46. The number of nitrogens with two attached hydrogens (primary N) is 1. The van der Waals surface area contributed by atoms with E-state index in [0.717, 1.165) is 43.3 Å². The number of hydrogen-bond donors (Lipinski definition) is 4. The summed E-state index contributed by atoms with van der Waals surface area (Å²) in [4.78, 5) is 23.1. The molecule has 0 aliphatic rings. The topological polar surface area (TPSA) is 120 Å². The molecule has 0 fully saturated rings. The number of amides is 1. The van der Waals surface area contributed by atoms with Gasteiger partial charge in [-0.1, -0.05) is 0 Å². The molecule has 2 unspecified atom stereocenters. The maximum absolute atomic E-state index is 12.0. The molecule has 0 aromatic heterocycles. The zero-order chi connectivity index (χ0) is 17.2. The number of unbranched alkanes of at least 4 members (excludes halogenated alkanes) is 2. The van der Waals surface area contributed by atoms with Crippen LogP contribution in [0.2, 0.25) is 0 Å². The predicted molar refractivity (Wildman–Crippen MR) is 85.9 cm³/mol. The Morgan fingerprint density at radius 3 is 2.23 bits per heavy atom. The molecule has 7 nitrogen and oxygen atoms in total. The van der Waals surface area contributed by atoms with Gasteiger partial charge in [0, 0.05) is 0 Å². The molecule has 7 heteroatoms. The number of quaternary nitrogens is 2. The van der Waals surface area contributed by atoms with Crippen molar-refractivity contribution in [1.29, 1.82) is 0 Å². The lowest BCUT2D eigenvalue weighted by Gasteiger charge is -2.24. The smallest absolute Gasteiger partial charge is 0.326 e.